The number of rotatable bonds is 4. The zero-order valence-corrected chi connectivity index (χ0v) is 12.8. The van der Waals surface area contributed by atoms with Crippen LogP contribution in [0.3, 0.4) is 0 Å². The Hall–Kier alpha value is -2.21. The molecule has 0 aliphatic rings. The minimum atomic E-state index is -4.56. The summed E-state index contributed by atoms with van der Waals surface area (Å²) in [5, 5.41) is 2.54. The van der Waals surface area contributed by atoms with Gasteiger partial charge in [0, 0.05) is 0 Å². The summed E-state index contributed by atoms with van der Waals surface area (Å²) in [5.74, 6) is -0.428. The topological polar surface area (TPSA) is 38.3 Å². The SMILES string of the molecule is C[C@H](Oc1ccccc1Cl)C(=O)Nc1ccccc1C(F)(F)F. The maximum Gasteiger partial charge on any atom is 0.418 e. The maximum atomic E-state index is 12.9. The summed E-state index contributed by atoms with van der Waals surface area (Å²) in [4.78, 5) is 12.1. The predicted molar refractivity (Wildman–Crippen MR) is 81.6 cm³/mol. The molecule has 1 N–H and O–H groups in total. The number of halogens is 4. The van der Waals surface area contributed by atoms with Gasteiger partial charge in [-0.2, -0.15) is 13.2 Å². The maximum absolute atomic E-state index is 12.9. The molecule has 122 valence electrons. The Bertz CT molecular complexity index is 704. The molecule has 0 saturated carbocycles. The molecule has 0 aliphatic heterocycles. The standard InChI is InChI=1S/C16H13ClF3NO2/c1-10(23-14-9-5-3-7-12(14)17)15(22)21-13-8-4-2-6-11(13)16(18,19)20/h2-10H,1H3,(H,21,22)/t10-/m0/s1. The van der Waals surface area contributed by atoms with Crippen LogP contribution in [0.25, 0.3) is 0 Å². The fourth-order valence-electron chi connectivity index (χ4n) is 1.86. The predicted octanol–water partition coefficient (Wildman–Crippen LogP) is 4.76. The van der Waals surface area contributed by atoms with Crippen LogP contribution in [0.15, 0.2) is 48.5 Å². The van der Waals surface area contributed by atoms with Gasteiger partial charge in [0.1, 0.15) is 5.75 Å². The van der Waals surface area contributed by atoms with Gasteiger partial charge in [-0.05, 0) is 31.2 Å². The minimum absolute atomic E-state index is 0.279. The second-order valence-electron chi connectivity index (χ2n) is 4.72. The molecule has 2 rings (SSSR count). The molecule has 0 spiro atoms. The van der Waals surface area contributed by atoms with E-state index < -0.39 is 23.8 Å². The van der Waals surface area contributed by atoms with Gasteiger partial charge in [-0.1, -0.05) is 35.9 Å². The van der Waals surface area contributed by atoms with Gasteiger partial charge in [-0.3, -0.25) is 4.79 Å². The second-order valence-corrected chi connectivity index (χ2v) is 5.13. The average molecular weight is 344 g/mol. The first kappa shape index (κ1) is 17.1. The van der Waals surface area contributed by atoms with Crippen molar-refractivity contribution in [3.63, 3.8) is 0 Å². The number of para-hydroxylation sites is 2. The molecule has 2 aromatic rings. The Morgan fingerprint density at radius 1 is 1.13 bits per heavy atom. The van der Waals surface area contributed by atoms with E-state index in [0.717, 1.165) is 6.07 Å². The van der Waals surface area contributed by atoms with Gasteiger partial charge < -0.3 is 10.1 Å². The molecular weight excluding hydrogens is 331 g/mol. The van der Waals surface area contributed by atoms with Crippen molar-refractivity contribution in [2.75, 3.05) is 5.32 Å². The molecule has 2 aromatic carbocycles. The molecule has 23 heavy (non-hydrogen) atoms. The van der Waals surface area contributed by atoms with Crippen LogP contribution in [0.4, 0.5) is 18.9 Å². The number of ether oxygens (including phenoxy) is 1. The molecule has 7 heteroatoms. The fourth-order valence-corrected chi connectivity index (χ4v) is 2.04. The van der Waals surface area contributed by atoms with Gasteiger partial charge in [-0.15, -0.1) is 0 Å². The normalized spacial score (nSPS) is 12.6. The number of alkyl halides is 3. The quantitative estimate of drug-likeness (QED) is 0.868. The van der Waals surface area contributed by atoms with Crippen LogP contribution in [-0.2, 0) is 11.0 Å². The number of hydrogen-bond donors (Lipinski definition) is 1. The lowest BCUT2D eigenvalue weighted by molar-refractivity contribution is -0.137. The molecule has 0 bridgehead atoms. The van der Waals surface area contributed by atoms with Crippen molar-refractivity contribution in [1.29, 1.82) is 0 Å². The lowest BCUT2D eigenvalue weighted by atomic mass is 10.1. The number of hydrogen-bond acceptors (Lipinski definition) is 2. The third kappa shape index (κ3) is 4.39. The molecular formula is C16H13ClF3NO2. The van der Waals surface area contributed by atoms with E-state index in [2.05, 4.69) is 5.32 Å². The van der Waals surface area contributed by atoms with Crippen molar-refractivity contribution in [3.05, 3.63) is 59.1 Å². The van der Waals surface area contributed by atoms with E-state index in [9.17, 15) is 18.0 Å². The first-order valence-corrected chi connectivity index (χ1v) is 7.05. The zero-order valence-electron chi connectivity index (χ0n) is 12.0. The molecule has 1 atom stereocenters. The van der Waals surface area contributed by atoms with Crippen molar-refractivity contribution >= 4 is 23.2 Å². The van der Waals surface area contributed by atoms with Crippen molar-refractivity contribution in [3.8, 4) is 5.75 Å². The van der Waals surface area contributed by atoms with E-state index in [1.54, 1.807) is 24.3 Å². The average Bonchev–Trinajstić information content (AvgIpc) is 2.49. The largest absolute Gasteiger partial charge is 0.479 e. The monoisotopic (exact) mass is 343 g/mol. The number of nitrogens with one attached hydrogen (secondary N) is 1. The number of anilines is 1. The summed E-state index contributed by atoms with van der Waals surface area (Å²) in [6.45, 7) is 1.43. The van der Waals surface area contributed by atoms with Crippen LogP contribution < -0.4 is 10.1 Å². The van der Waals surface area contributed by atoms with Crippen LogP contribution in [0, 0.1) is 0 Å². The van der Waals surface area contributed by atoms with E-state index in [4.69, 9.17) is 16.3 Å². The number of carbonyl (C=O) groups excluding carboxylic acids is 1. The van der Waals surface area contributed by atoms with Crippen LogP contribution >= 0.6 is 11.6 Å². The summed E-state index contributed by atoms with van der Waals surface area (Å²) in [7, 11) is 0. The summed E-state index contributed by atoms with van der Waals surface area (Å²) in [6, 6.07) is 11.3. The van der Waals surface area contributed by atoms with Gasteiger partial charge in [0.2, 0.25) is 0 Å². The molecule has 0 saturated heterocycles. The highest BCUT2D eigenvalue weighted by molar-refractivity contribution is 6.32. The molecule has 0 aliphatic carbocycles. The Morgan fingerprint density at radius 3 is 2.39 bits per heavy atom. The summed E-state index contributed by atoms with van der Waals surface area (Å²) in [5.41, 5.74) is -1.24. The minimum Gasteiger partial charge on any atom is -0.479 e. The Balaban J connectivity index is 2.12. The van der Waals surface area contributed by atoms with E-state index in [0.29, 0.717) is 5.02 Å². The molecule has 0 aromatic heterocycles. The lowest BCUT2D eigenvalue weighted by Crippen LogP contribution is -2.31. The Labute approximate surface area is 136 Å². The lowest BCUT2D eigenvalue weighted by Gasteiger charge is -2.18. The fraction of sp³-hybridized carbons (Fsp3) is 0.188. The van der Waals surface area contributed by atoms with E-state index in [1.165, 1.54) is 25.1 Å². The third-order valence-corrected chi connectivity index (χ3v) is 3.31. The first-order chi connectivity index (χ1) is 10.8. The van der Waals surface area contributed by atoms with Gasteiger partial charge >= 0.3 is 6.18 Å². The summed E-state index contributed by atoms with van der Waals surface area (Å²) >= 11 is 5.91. The van der Waals surface area contributed by atoms with E-state index in [1.807, 2.05) is 0 Å². The molecule has 0 unspecified atom stereocenters. The smallest absolute Gasteiger partial charge is 0.418 e. The summed E-state index contributed by atoms with van der Waals surface area (Å²) in [6.07, 6.45) is -5.58. The van der Waals surface area contributed by atoms with Crippen molar-refractivity contribution < 1.29 is 22.7 Å². The van der Waals surface area contributed by atoms with Gasteiger partial charge in [-0.25, -0.2) is 0 Å². The number of carbonyl (C=O) groups is 1. The van der Waals surface area contributed by atoms with Crippen LogP contribution in [0.1, 0.15) is 12.5 Å². The Kier molecular flexibility index (Phi) is 5.15. The molecule has 0 heterocycles. The highest BCUT2D eigenvalue weighted by Gasteiger charge is 2.34. The van der Waals surface area contributed by atoms with Gasteiger partial charge in [0.25, 0.3) is 5.91 Å². The zero-order chi connectivity index (χ0) is 17.0. The molecule has 3 nitrogen and oxygen atoms in total. The van der Waals surface area contributed by atoms with Crippen molar-refractivity contribution in [1.82, 2.24) is 0 Å². The second kappa shape index (κ2) is 6.91. The Morgan fingerprint density at radius 2 is 1.74 bits per heavy atom. The highest BCUT2D eigenvalue weighted by atomic mass is 35.5. The third-order valence-electron chi connectivity index (χ3n) is 3.00. The number of benzene rings is 2. The van der Waals surface area contributed by atoms with E-state index in [-0.39, 0.29) is 11.4 Å². The number of amides is 1. The van der Waals surface area contributed by atoms with Crippen molar-refractivity contribution in [2.45, 2.75) is 19.2 Å². The van der Waals surface area contributed by atoms with Crippen molar-refractivity contribution in [2.24, 2.45) is 0 Å². The van der Waals surface area contributed by atoms with Gasteiger partial charge in [0.05, 0.1) is 16.3 Å². The van der Waals surface area contributed by atoms with Crippen LogP contribution in [-0.4, -0.2) is 12.0 Å². The highest BCUT2D eigenvalue weighted by Crippen LogP contribution is 2.34. The molecule has 0 radical (unpaired) electrons. The van der Waals surface area contributed by atoms with Crippen LogP contribution in [0.2, 0.25) is 5.02 Å². The molecule has 0 fully saturated rings. The van der Waals surface area contributed by atoms with E-state index >= 15 is 0 Å². The molecule has 1 amide bonds. The van der Waals surface area contributed by atoms with Gasteiger partial charge in [0.15, 0.2) is 6.10 Å². The van der Waals surface area contributed by atoms with Crippen LogP contribution in [0.5, 0.6) is 5.75 Å². The summed E-state index contributed by atoms with van der Waals surface area (Å²) < 4.78 is 44.1. The first-order valence-electron chi connectivity index (χ1n) is 6.67.